The molecule has 0 N–H and O–H groups in total. The van der Waals surface area contributed by atoms with Gasteiger partial charge in [-0.1, -0.05) is 48.8 Å². The minimum atomic E-state index is -1.90. The number of halogens is 1. The zero-order chi connectivity index (χ0) is 24.1. The average Bonchev–Trinajstić information content (AvgIpc) is 3.10. The molecular weight excluding hydrogens is 496 g/mol. The summed E-state index contributed by atoms with van der Waals surface area (Å²) in [5.41, 5.74) is 0.816. The molecule has 0 amide bonds. The van der Waals surface area contributed by atoms with Gasteiger partial charge < -0.3 is 14.5 Å². The van der Waals surface area contributed by atoms with Crippen molar-refractivity contribution in [2.24, 2.45) is 0 Å². The van der Waals surface area contributed by atoms with Crippen LogP contribution in [0.5, 0.6) is 0 Å². The zero-order valence-corrected chi connectivity index (χ0v) is 21.8. The molecule has 0 fully saturated rings. The molecule has 176 valence electrons. The maximum atomic E-state index is 11.3. The third-order valence-corrected chi connectivity index (χ3v) is 10.9. The number of nitro groups is 2. The van der Waals surface area contributed by atoms with Gasteiger partial charge in [0.1, 0.15) is 12.6 Å². The van der Waals surface area contributed by atoms with Gasteiger partial charge in [-0.3, -0.25) is 15.0 Å². The number of aromatic nitrogens is 1. The smallest absolute Gasteiger partial charge is 0.330 e. The Morgan fingerprint density at radius 3 is 2.38 bits per heavy atom. The molecule has 2 aromatic rings. The van der Waals surface area contributed by atoms with Crippen molar-refractivity contribution in [3.63, 3.8) is 0 Å². The fourth-order valence-corrected chi connectivity index (χ4v) is 4.46. The fraction of sp³-hybridized carbons (Fsp3) is 0.524. The van der Waals surface area contributed by atoms with Crippen molar-refractivity contribution in [1.82, 2.24) is 9.47 Å². The number of hydrogen-bond donors (Lipinski definition) is 0. The Bertz CT molecular complexity index is 958. The predicted octanol–water partition coefficient (Wildman–Crippen LogP) is 5.59. The summed E-state index contributed by atoms with van der Waals surface area (Å²) in [6, 6.07) is 8.97. The lowest BCUT2D eigenvalue weighted by Crippen LogP contribution is -2.43. The molecule has 0 saturated heterocycles. The van der Waals surface area contributed by atoms with Gasteiger partial charge in [-0.05, 0) is 40.8 Å². The molecule has 32 heavy (non-hydrogen) atoms. The second-order valence-corrected chi connectivity index (χ2v) is 15.0. The van der Waals surface area contributed by atoms with Crippen molar-refractivity contribution in [3.8, 4) is 0 Å². The van der Waals surface area contributed by atoms with Crippen molar-refractivity contribution in [2.45, 2.75) is 52.0 Å². The lowest BCUT2D eigenvalue weighted by Gasteiger charge is -2.36. The molecule has 0 aliphatic carbocycles. The van der Waals surface area contributed by atoms with Crippen LogP contribution in [-0.2, 0) is 17.5 Å². The standard InChI is InChI=1S/C21H31BrN4O5Si/c1-21(2,3)32(4,5)31-12-11-23(15-17-7-6-8-18(22)13-17)9-10-24-16-19(25(27)28)14-20(24)26(29)30/h6-8,13-14,16H,9-12,15H2,1-5H3. The summed E-state index contributed by atoms with van der Waals surface area (Å²) in [7, 11) is -1.90. The molecular formula is C21H31BrN4O5Si. The van der Waals surface area contributed by atoms with E-state index in [0.717, 1.165) is 16.1 Å². The third-order valence-electron chi connectivity index (χ3n) is 5.89. The van der Waals surface area contributed by atoms with E-state index in [1.807, 2.05) is 24.3 Å². The molecule has 0 aliphatic heterocycles. The van der Waals surface area contributed by atoms with Crippen LogP contribution in [0, 0.1) is 20.2 Å². The first kappa shape index (κ1) is 26.2. The summed E-state index contributed by atoms with van der Waals surface area (Å²) >= 11 is 3.49. The van der Waals surface area contributed by atoms with E-state index in [0.29, 0.717) is 26.2 Å². The summed E-state index contributed by atoms with van der Waals surface area (Å²) in [5.74, 6) is -0.281. The van der Waals surface area contributed by atoms with E-state index in [4.69, 9.17) is 4.43 Å². The van der Waals surface area contributed by atoms with Crippen LogP contribution in [0.15, 0.2) is 41.0 Å². The van der Waals surface area contributed by atoms with E-state index in [-0.39, 0.29) is 23.1 Å². The highest BCUT2D eigenvalue weighted by molar-refractivity contribution is 9.10. The minimum absolute atomic E-state index is 0.104. The van der Waals surface area contributed by atoms with Gasteiger partial charge in [0.25, 0.3) is 0 Å². The van der Waals surface area contributed by atoms with Crippen LogP contribution >= 0.6 is 15.9 Å². The summed E-state index contributed by atoms with van der Waals surface area (Å²) in [6.07, 6.45) is 1.22. The summed E-state index contributed by atoms with van der Waals surface area (Å²) in [6.45, 7) is 13.6. The van der Waals surface area contributed by atoms with Gasteiger partial charge in [-0.2, -0.15) is 0 Å². The molecule has 0 unspecified atom stereocenters. The predicted molar refractivity (Wildman–Crippen MR) is 130 cm³/mol. The van der Waals surface area contributed by atoms with Crippen LogP contribution in [0.25, 0.3) is 0 Å². The average molecular weight is 527 g/mol. The quantitative estimate of drug-likeness (QED) is 0.214. The van der Waals surface area contributed by atoms with Gasteiger partial charge >= 0.3 is 11.5 Å². The molecule has 0 bridgehead atoms. The summed E-state index contributed by atoms with van der Waals surface area (Å²) in [5, 5.41) is 22.5. The van der Waals surface area contributed by atoms with Crippen molar-refractivity contribution in [3.05, 3.63) is 66.8 Å². The minimum Gasteiger partial charge on any atom is -0.416 e. The van der Waals surface area contributed by atoms with Crippen LogP contribution in [0.1, 0.15) is 26.3 Å². The molecule has 11 heteroatoms. The molecule has 9 nitrogen and oxygen atoms in total. The Labute approximate surface area is 197 Å². The van der Waals surface area contributed by atoms with Crippen LogP contribution < -0.4 is 0 Å². The first-order valence-corrected chi connectivity index (χ1v) is 14.1. The van der Waals surface area contributed by atoms with E-state index in [2.05, 4.69) is 54.7 Å². The van der Waals surface area contributed by atoms with Crippen LogP contribution in [0.3, 0.4) is 0 Å². The highest BCUT2D eigenvalue weighted by atomic mass is 79.9. The van der Waals surface area contributed by atoms with Crippen LogP contribution in [0.4, 0.5) is 11.5 Å². The molecule has 1 heterocycles. The number of benzene rings is 1. The van der Waals surface area contributed by atoms with Crippen LogP contribution in [-0.4, -0.2) is 47.3 Å². The van der Waals surface area contributed by atoms with Crippen molar-refractivity contribution in [2.75, 3.05) is 19.7 Å². The maximum absolute atomic E-state index is 11.3. The van der Waals surface area contributed by atoms with Gasteiger partial charge in [-0.15, -0.1) is 0 Å². The van der Waals surface area contributed by atoms with Crippen molar-refractivity contribution >= 4 is 35.8 Å². The van der Waals surface area contributed by atoms with E-state index in [9.17, 15) is 20.2 Å². The lowest BCUT2D eigenvalue weighted by molar-refractivity contribution is -0.394. The van der Waals surface area contributed by atoms with Crippen molar-refractivity contribution < 1.29 is 14.3 Å². The molecule has 1 aromatic carbocycles. The van der Waals surface area contributed by atoms with Gasteiger partial charge in [-0.25, -0.2) is 4.57 Å². The maximum Gasteiger partial charge on any atom is 0.330 e. The molecule has 0 atom stereocenters. The molecule has 1 aromatic heterocycles. The van der Waals surface area contributed by atoms with Gasteiger partial charge in [0, 0.05) is 30.7 Å². The second-order valence-electron chi connectivity index (χ2n) is 9.28. The van der Waals surface area contributed by atoms with E-state index in [1.165, 1.54) is 10.8 Å². The monoisotopic (exact) mass is 526 g/mol. The Kier molecular flexibility index (Phi) is 8.74. The van der Waals surface area contributed by atoms with Gasteiger partial charge in [0.2, 0.25) is 0 Å². The molecule has 0 spiro atoms. The Balaban J connectivity index is 2.14. The second kappa shape index (κ2) is 10.7. The highest BCUT2D eigenvalue weighted by Gasteiger charge is 2.37. The lowest BCUT2D eigenvalue weighted by atomic mass is 10.2. The fourth-order valence-electron chi connectivity index (χ4n) is 2.97. The number of nitrogens with zero attached hydrogens (tertiary/aromatic N) is 4. The third kappa shape index (κ3) is 7.22. The summed E-state index contributed by atoms with van der Waals surface area (Å²) < 4.78 is 8.63. The first-order chi connectivity index (χ1) is 14.8. The number of rotatable bonds is 11. The molecule has 0 saturated carbocycles. The Morgan fingerprint density at radius 1 is 1.12 bits per heavy atom. The highest BCUT2D eigenvalue weighted by Crippen LogP contribution is 2.36. The Morgan fingerprint density at radius 2 is 1.81 bits per heavy atom. The topological polar surface area (TPSA) is 104 Å². The zero-order valence-electron chi connectivity index (χ0n) is 19.2. The van der Waals surface area contributed by atoms with E-state index < -0.39 is 18.2 Å². The van der Waals surface area contributed by atoms with E-state index >= 15 is 0 Å². The Hall–Kier alpha value is -2.08. The first-order valence-electron chi connectivity index (χ1n) is 10.4. The molecule has 0 aliphatic rings. The SMILES string of the molecule is CC(C)(C)[Si](C)(C)OCCN(CCn1cc([N+](=O)[O-])cc1[N+](=O)[O-])Cc1cccc(Br)c1. The van der Waals surface area contributed by atoms with Crippen LogP contribution in [0.2, 0.25) is 18.1 Å². The van der Waals surface area contributed by atoms with Gasteiger partial charge in [0.05, 0.1) is 4.92 Å². The normalized spacial score (nSPS) is 12.3. The largest absolute Gasteiger partial charge is 0.416 e. The molecule has 0 radical (unpaired) electrons. The summed E-state index contributed by atoms with van der Waals surface area (Å²) in [4.78, 5) is 23.3. The molecule has 2 rings (SSSR count). The van der Waals surface area contributed by atoms with Gasteiger partial charge in [0.15, 0.2) is 14.5 Å². The van der Waals surface area contributed by atoms with E-state index in [1.54, 1.807) is 0 Å². The van der Waals surface area contributed by atoms with Crippen molar-refractivity contribution in [1.29, 1.82) is 0 Å². The number of hydrogen-bond acceptors (Lipinski definition) is 6.